The molecule has 0 radical (unpaired) electrons. The van der Waals surface area contributed by atoms with Gasteiger partial charge in [-0.15, -0.1) is 11.3 Å². The van der Waals surface area contributed by atoms with Crippen molar-refractivity contribution < 1.29 is 4.79 Å². The first-order valence-electron chi connectivity index (χ1n) is 9.22. The summed E-state index contributed by atoms with van der Waals surface area (Å²) >= 11 is 1.83. The first-order valence-corrected chi connectivity index (χ1v) is 10.1. The first kappa shape index (κ1) is 17.3. The zero-order chi connectivity index (χ0) is 17.9. The number of para-hydroxylation sites is 1. The molecule has 0 saturated carbocycles. The number of rotatable bonds is 5. The molecule has 26 heavy (non-hydrogen) atoms. The summed E-state index contributed by atoms with van der Waals surface area (Å²) in [5.41, 5.74) is 1.90. The minimum Gasteiger partial charge on any atom is -0.350 e. The van der Waals surface area contributed by atoms with E-state index < -0.39 is 0 Å². The van der Waals surface area contributed by atoms with E-state index in [1.165, 1.54) is 4.88 Å². The molecule has 4 heteroatoms. The SMILES string of the molecule is Cn1cc(C(=O)C=CC2CCN(Cc3cccs3)CC2)c2ccccc21. The second-order valence-electron chi connectivity index (χ2n) is 7.09. The Hall–Kier alpha value is -2.17. The van der Waals surface area contributed by atoms with Crippen LogP contribution in [0.2, 0.25) is 0 Å². The van der Waals surface area contributed by atoms with Gasteiger partial charge >= 0.3 is 0 Å². The van der Waals surface area contributed by atoms with Gasteiger partial charge in [0.05, 0.1) is 0 Å². The Labute approximate surface area is 158 Å². The third kappa shape index (κ3) is 3.67. The number of aryl methyl sites for hydroxylation is 1. The molecule has 4 rings (SSSR count). The molecular formula is C22H24N2OS. The summed E-state index contributed by atoms with van der Waals surface area (Å²) in [5, 5.41) is 3.18. The number of carbonyl (C=O) groups is 1. The Morgan fingerprint density at radius 3 is 2.77 bits per heavy atom. The van der Waals surface area contributed by atoms with Gasteiger partial charge in [-0.1, -0.05) is 30.3 Å². The third-order valence-corrected chi connectivity index (χ3v) is 6.14. The maximum Gasteiger partial charge on any atom is 0.187 e. The highest BCUT2D eigenvalue weighted by atomic mass is 32.1. The monoisotopic (exact) mass is 364 g/mol. The molecule has 0 unspecified atom stereocenters. The van der Waals surface area contributed by atoms with Crippen LogP contribution in [0.25, 0.3) is 10.9 Å². The lowest BCUT2D eigenvalue weighted by Crippen LogP contribution is -2.32. The largest absolute Gasteiger partial charge is 0.350 e. The van der Waals surface area contributed by atoms with E-state index >= 15 is 0 Å². The number of fused-ring (bicyclic) bond motifs is 1. The topological polar surface area (TPSA) is 25.2 Å². The van der Waals surface area contributed by atoms with Crippen molar-refractivity contribution >= 4 is 28.0 Å². The van der Waals surface area contributed by atoms with E-state index in [0.29, 0.717) is 5.92 Å². The maximum absolute atomic E-state index is 12.7. The number of aromatic nitrogens is 1. The average molecular weight is 365 g/mol. The van der Waals surface area contributed by atoms with Crippen LogP contribution in [-0.2, 0) is 13.6 Å². The van der Waals surface area contributed by atoms with Crippen LogP contribution in [0.5, 0.6) is 0 Å². The molecule has 1 saturated heterocycles. The number of ketones is 1. The van der Waals surface area contributed by atoms with Gasteiger partial charge in [0.15, 0.2) is 5.78 Å². The number of benzene rings is 1. The van der Waals surface area contributed by atoms with E-state index in [9.17, 15) is 4.79 Å². The van der Waals surface area contributed by atoms with Gasteiger partial charge in [-0.3, -0.25) is 9.69 Å². The summed E-state index contributed by atoms with van der Waals surface area (Å²) in [6.45, 7) is 3.27. The molecule has 0 bridgehead atoms. The Kier molecular flexibility index (Phi) is 5.05. The van der Waals surface area contributed by atoms with Crippen LogP contribution in [0.1, 0.15) is 28.1 Å². The van der Waals surface area contributed by atoms with Crippen molar-refractivity contribution in [3.05, 3.63) is 70.6 Å². The van der Waals surface area contributed by atoms with E-state index in [0.717, 1.165) is 48.9 Å². The second kappa shape index (κ2) is 7.60. The van der Waals surface area contributed by atoms with Crippen LogP contribution in [-0.4, -0.2) is 28.3 Å². The van der Waals surface area contributed by atoms with Gasteiger partial charge in [0.25, 0.3) is 0 Å². The second-order valence-corrected chi connectivity index (χ2v) is 8.12. The minimum absolute atomic E-state index is 0.114. The molecular weight excluding hydrogens is 340 g/mol. The lowest BCUT2D eigenvalue weighted by Gasteiger charge is -2.30. The van der Waals surface area contributed by atoms with Gasteiger partial charge in [-0.25, -0.2) is 0 Å². The van der Waals surface area contributed by atoms with Crippen molar-refractivity contribution in [3.8, 4) is 0 Å². The van der Waals surface area contributed by atoms with Gasteiger partial charge in [0.1, 0.15) is 0 Å². The summed E-state index contributed by atoms with van der Waals surface area (Å²) in [7, 11) is 1.99. The highest BCUT2D eigenvalue weighted by molar-refractivity contribution is 7.09. The molecule has 3 heterocycles. The highest BCUT2D eigenvalue weighted by Gasteiger charge is 2.18. The summed E-state index contributed by atoms with van der Waals surface area (Å²) in [6, 6.07) is 12.4. The van der Waals surface area contributed by atoms with Gasteiger partial charge in [0.2, 0.25) is 0 Å². The molecule has 134 valence electrons. The molecule has 0 N–H and O–H groups in total. The lowest BCUT2D eigenvalue weighted by molar-refractivity contribution is 0.104. The normalized spacial score (nSPS) is 16.7. The number of likely N-dealkylation sites (tertiary alicyclic amines) is 1. The lowest BCUT2D eigenvalue weighted by atomic mass is 9.95. The molecule has 0 atom stereocenters. The predicted octanol–water partition coefficient (Wildman–Crippen LogP) is 4.89. The van der Waals surface area contributed by atoms with Crippen molar-refractivity contribution in [1.29, 1.82) is 0 Å². The van der Waals surface area contributed by atoms with Crippen LogP contribution in [0.15, 0.2) is 60.1 Å². The van der Waals surface area contributed by atoms with Crippen LogP contribution >= 0.6 is 11.3 Å². The van der Waals surface area contributed by atoms with E-state index in [1.54, 1.807) is 6.08 Å². The smallest absolute Gasteiger partial charge is 0.187 e. The van der Waals surface area contributed by atoms with E-state index in [4.69, 9.17) is 0 Å². The van der Waals surface area contributed by atoms with Gasteiger partial charge in [-0.05, 0) is 55.4 Å². The number of thiophene rings is 1. The Morgan fingerprint density at radius 2 is 2.00 bits per heavy atom. The molecule has 0 amide bonds. The van der Waals surface area contributed by atoms with E-state index in [2.05, 4.69) is 34.6 Å². The number of piperidine rings is 1. The van der Waals surface area contributed by atoms with Crippen molar-refractivity contribution in [2.24, 2.45) is 13.0 Å². The van der Waals surface area contributed by atoms with Gasteiger partial charge in [0, 0.05) is 41.1 Å². The molecule has 3 nitrogen and oxygen atoms in total. The number of carbonyl (C=O) groups excluding carboxylic acids is 1. The number of hydrogen-bond acceptors (Lipinski definition) is 3. The standard InChI is InChI=1S/C22H24N2OS/c1-23-16-20(19-6-2-3-7-21(19)23)22(25)9-8-17-10-12-24(13-11-17)15-18-5-4-14-26-18/h2-9,14,16-17H,10-13,15H2,1H3. The van der Waals surface area contributed by atoms with Gasteiger partial charge in [-0.2, -0.15) is 0 Å². The predicted molar refractivity (Wildman–Crippen MR) is 109 cm³/mol. The molecule has 2 aromatic heterocycles. The van der Waals surface area contributed by atoms with Crippen molar-refractivity contribution in [2.45, 2.75) is 19.4 Å². The first-order chi connectivity index (χ1) is 12.7. The van der Waals surface area contributed by atoms with Crippen molar-refractivity contribution in [2.75, 3.05) is 13.1 Å². The fourth-order valence-corrected chi connectivity index (χ4v) is 4.52. The Morgan fingerprint density at radius 1 is 1.19 bits per heavy atom. The fourth-order valence-electron chi connectivity index (χ4n) is 3.78. The number of hydrogen-bond donors (Lipinski definition) is 0. The van der Waals surface area contributed by atoms with Crippen molar-refractivity contribution in [1.82, 2.24) is 9.47 Å². The molecule has 1 aromatic carbocycles. The molecule has 1 fully saturated rings. The molecule has 3 aromatic rings. The summed E-state index contributed by atoms with van der Waals surface area (Å²) in [4.78, 5) is 16.6. The number of allylic oxidation sites excluding steroid dienone is 2. The Balaban J connectivity index is 1.37. The van der Waals surface area contributed by atoms with Crippen LogP contribution < -0.4 is 0 Å². The van der Waals surface area contributed by atoms with E-state index in [-0.39, 0.29) is 5.78 Å². The molecule has 0 aliphatic carbocycles. The van der Waals surface area contributed by atoms with E-state index in [1.807, 2.05) is 47.3 Å². The maximum atomic E-state index is 12.7. The van der Waals surface area contributed by atoms with Crippen LogP contribution in [0.4, 0.5) is 0 Å². The zero-order valence-corrected chi connectivity index (χ0v) is 15.9. The third-order valence-electron chi connectivity index (χ3n) is 5.27. The average Bonchev–Trinajstić information content (AvgIpc) is 3.29. The summed E-state index contributed by atoms with van der Waals surface area (Å²) in [6.07, 6.45) is 8.13. The highest BCUT2D eigenvalue weighted by Crippen LogP contribution is 2.24. The van der Waals surface area contributed by atoms with Gasteiger partial charge < -0.3 is 4.57 Å². The Bertz CT molecular complexity index is 915. The molecule has 0 spiro atoms. The molecule has 1 aliphatic heterocycles. The summed E-state index contributed by atoms with van der Waals surface area (Å²) in [5.74, 6) is 0.622. The summed E-state index contributed by atoms with van der Waals surface area (Å²) < 4.78 is 2.03. The minimum atomic E-state index is 0.114. The van der Waals surface area contributed by atoms with Crippen LogP contribution in [0, 0.1) is 5.92 Å². The quantitative estimate of drug-likeness (QED) is 0.476. The number of nitrogens with zero attached hydrogens (tertiary/aromatic N) is 2. The van der Waals surface area contributed by atoms with Crippen molar-refractivity contribution in [3.63, 3.8) is 0 Å². The zero-order valence-electron chi connectivity index (χ0n) is 15.1. The fraction of sp³-hybridized carbons (Fsp3) is 0.318. The van der Waals surface area contributed by atoms with Crippen LogP contribution in [0.3, 0.4) is 0 Å². The molecule has 1 aliphatic rings.